The van der Waals surface area contributed by atoms with Gasteiger partial charge in [-0.25, -0.2) is 4.39 Å². The summed E-state index contributed by atoms with van der Waals surface area (Å²) in [7, 11) is 0. The van der Waals surface area contributed by atoms with Crippen molar-refractivity contribution in [3.63, 3.8) is 0 Å². The maximum atomic E-state index is 12.8. The van der Waals surface area contributed by atoms with E-state index in [0.29, 0.717) is 0 Å². The van der Waals surface area contributed by atoms with Crippen LogP contribution in [0.2, 0.25) is 0 Å². The van der Waals surface area contributed by atoms with E-state index in [1.807, 2.05) is 6.07 Å². The van der Waals surface area contributed by atoms with Crippen LogP contribution in [0.1, 0.15) is 29.3 Å². The molecule has 0 saturated carbocycles. The molecular formula is C10H10ClF. The molecular weight excluding hydrogens is 175 g/mol. The van der Waals surface area contributed by atoms with Crippen LogP contribution in [0.5, 0.6) is 0 Å². The summed E-state index contributed by atoms with van der Waals surface area (Å²) in [4.78, 5) is 0. The largest absolute Gasteiger partial charge is 0.207 e. The number of fused-ring (bicyclic) bond motifs is 1. The molecule has 0 radical (unpaired) electrons. The van der Waals surface area contributed by atoms with E-state index < -0.39 is 0 Å². The summed E-state index contributed by atoms with van der Waals surface area (Å²) in [6.45, 7) is 0. The highest BCUT2D eigenvalue weighted by atomic mass is 35.5. The van der Waals surface area contributed by atoms with Crippen LogP contribution in [-0.2, 0) is 6.42 Å². The predicted octanol–water partition coefficient (Wildman–Crippen LogP) is 3.44. The topological polar surface area (TPSA) is 0 Å². The van der Waals surface area contributed by atoms with E-state index in [-0.39, 0.29) is 11.2 Å². The second-order valence-electron chi connectivity index (χ2n) is 3.20. The normalized spacial score (nSPS) is 22.0. The van der Waals surface area contributed by atoms with Crippen molar-refractivity contribution >= 4 is 11.6 Å². The predicted molar refractivity (Wildman–Crippen MR) is 47.9 cm³/mol. The third-order valence-corrected chi connectivity index (χ3v) is 2.80. The molecule has 1 aliphatic rings. The average Bonchev–Trinajstić information content (AvgIpc) is 2.07. The smallest absolute Gasteiger partial charge is 0.123 e. The lowest BCUT2D eigenvalue weighted by Gasteiger charge is -2.20. The van der Waals surface area contributed by atoms with E-state index in [1.165, 1.54) is 11.6 Å². The first-order valence-electron chi connectivity index (χ1n) is 4.20. The Balaban J connectivity index is 2.47. The SMILES string of the molecule is Fc1ccc2c(c1)[C@H](Cl)CCC2. The van der Waals surface area contributed by atoms with Crippen molar-refractivity contribution in [2.45, 2.75) is 24.6 Å². The van der Waals surface area contributed by atoms with Crippen molar-refractivity contribution in [1.82, 2.24) is 0 Å². The summed E-state index contributed by atoms with van der Waals surface area (Å²) in [6, 6.07) is 4.92. The van der Waals surface area contributed by atoms with Crippen LogP contribution >= 0.6 is 11.6 Å². The summed E-state index contributed by atoms with van der Waals surface area (Å²) >= 11 is 6.05. The Morgan fingerprint density at radius 1 is 1.42 bits per heavy atom. The molecule has 0 nitrogen and oxygen atoms in total. The Morgan fingerprint density at radius 3 is 3.08 bits per heavy atom. The molecule has 0 fully saturated rings. The van der Waals surface area contributed by atoms with Crippen molar-refractivity contribution < 1.29 is 4.39 Å². The van der Waals surface area contributed by atoms with Gasteiger partial charge in [-0.15, -0.1) is 11.6 Å². The fourth-order valence-electron chi connectivity index (χ4n) is 1.71. The van der Waals surface area contributed by atoms with Crippen LogP contribution in [0.4, 0.5) is 4.39 Å². The maximum Gasteiger partial charge on any atom is 0.123 e. The number of aryl methyl sites for hydroxylation is 1. The minimum atomic E-state index is -0.179. The Labute approximate surface area is 76.4 Å². The van der Waals surface area contributed by atoms with Gasteiger partial charge in [0.2, 0.25) is 0 Å². The molecule has 2 heteroatoms. The third-order valence-electron chi connectivity index (χ3n) is 2.35. The lowest BCUT2D eigenvalue weighted by atomic mass is 9.91. The van der Waals surface area contributed by atoms with Crippen LogP contribution in [0.15, 0.2) is 18.2 Å². The first kappa shape index (κ1) is 8.06. The number of rotatable bonds is 0. The highest BCUT2D eigenvalue weighted by Crippen LogP contribution is 2.34. The van der Waals surface area contributed by atoms with Gasteiger partial charge in [-0.1, -0.05) is 6.07 Å². The Morgan fingerprint density at radius 2 is 2.25 bits per heavy atom. The van der Waals surface area contributed by atoms with E-state index in [4.69, 9.17) is 11.6 Å². The molecule has 0 heterocycles. The van der Waals surface area contributed by atoms with Crippen molar-refractivity contribution in [3.8, 4) is 0 Å². The summed E-state index contributed by atoms with van der Waals surface area (Å²) in [5.41, 5.74) is 2.20. The summed E-state index contributed by atoms with van der Waals surface area (Å²) in [5.74, 6) is -0.179. The van der Waals surface area contributed by atoms with Gasteiger partial charge in [0.25, 0.3) is 0 Å². The van der Waals surface area contributed by atoms with Gasteiger partial charge in [0.1, 0.15) is 5.82 Å². The van der Waals surface area contributed by atoms with Crippen LogP contribution in [0.3, 0.4) is 0 Å². The Hall–Kier alpha value is -0.560. The molecule has 0 spiro atoms. The second-order valence-corrected chi connectivity index (χ2v) is 3.73. The molecule has 2 rings (SSSR count). The van der Waals surface area contributed by atoms with Gasteiger partial charge < -0.3 is 0 Å². The molecule has 0 unspecified atom stereocenters. The number of alkyl halides is 1. The number of benzene rings is 1. The maximum absolute atomic E-state index is 12.8. The molecule has 64 valence electrons. The van der Waals surface area contributed by atoms with Crippen molar-refractivity contribution in [2.75, 3.05) is 0 Å². The standard InChI is InChI=1S/C10H10ClF/c11-10-3-1-2-7-4-5-8(12)6-9(7)10/h4-6,10H,1-3H2/t10-/m1/s1. The Bertz CT molecular complexity index is 296. The highest BCUT2D eigenvalue weighted by Gasteiger charge is 2.17. The summed E-state index contributed by atoms with van der Waals surface area (Å²) in [6.07, 6.45) is 3.13. The van der Waals surface area contributed by atoms with Crippen LogP contribution in [-0.4, -0.2) is 0 Å². The highest BCUT2D eigenvalue weighted by molar-refractivity contribution is 6.21. The average molecular weight is 185 g/mol. The zero-order valence-corrected chi connectivity index (χ0v) is 7.44. The minimum Gasteiger partial charge on any atom is -0.207 e. The molecule has 1 aliphatic carbocycles. The summed E-state index contributed by atoms with van der Waals surface area (Å²) < 4.78 is 12.8. The molecule has 1 aromatic rings. The van der Waals surface area contributed by atoms with E-state index >= 15 is 0 Å². The Kier molecular flexibility index (Phi) is 2.05. The van der Waals surface area contributed by atoms with Gasteiger partial charge in [-0.05, 0) is 42.5 Å². The molecule has 0 aromatic heterocycles. The zero-order chi connectivity index (χ0) is 8.55. The first-order valence-corrected chi connectivity index (χ1v) is 4.63. The molecule has 0 bridgehead atoms. The van der Waals surface area contributed by atoms with Crippen LogP contribution in [0.25, 0.3) is 0 Å². The van der Waals surface area contributed by atoms with Gasteiger partial charge in [-0.2, -0.15) is 0 Å². The second kappa shape index (κ2) is 3.06. The number of halogens is 2. The lowest BCUT2D eigenvalue weighted by Crippen LogP contribution is -2.05. The third kappa shape index (κ3) is 1.34. The number of hydrogen-bond acceptors (Lipinski definition) is 0. The fourth-order valence-corrected chi connectivity index (χ4v) is 2.07. The summed E-state index contributed by atoms with van der Waals surface area (Å²) in [5, 5.41) is 0.0180. The van der Waals surface area contributed by atoms with Crippen molar-refractivity contribution in [2.24, 2.45) is 0 Å². The van der Waals surface area contributed by atoms with Crippen molar-refractivity contribution in [1.29, 1.82) is 0 Å². The first-order chi connectivity index (χ1) is 5.77. The van der Waals surface area contributed by atoms with Gasteiger partial charge >= 0.3 is 0 Å². The van der Waals surface area contributed by atoms with Gasteiger partial charge in [0, 0.05) is 0 Å². The molecule has 0 aliphatic heterocycles. The quantitative estimate of drug-likeness (QED) is 0.542. The molecule has 0 N–H and O–H groups in total. The minimum absolute atomic E-state index is 0.0180. The van der Waals surface area contributed by atoms with Gasteiger partial charge in [-0.3, -0.25) is 0 Å². The molecule has 1 atom stereocenters. The van der Waals surface area contributed by atoms with Crippen molar-refractivity contribution in [3.05, 3.63) is 35.1 Å². The van der Waals surface area contributed by atoms with E-state index in [1.54, 1.807) is 6.07 Å². The van der Waals surface area contributed by atoms with Crippen LogP contribution < -0.4 is 0 Å². The lowest BCUT2D eigenvalue weighted by molar-refractivity contribution is 0.610. The molecule has 12 heavy (non-hydrogen) atoms. The molecule has 1 aromatic carbocycles. The van der Waals surface area contributed by atoms with E-state index in [0.717, 1.165) is 24.8 Å². The molecule has 0 saturated heterocycles. The van der Waals surface area contributed by atoms with Crippen LogP contribution in [0, 0.1) is 5.82 Å². The molecule has 0 amide bonds. The van der Waals surface area contributed by atoms with E-state index in [9.17, 15) is 4.39 Å². The van der Waals surface area contributed by atoms with Gasteiger partial charge in [0.05, 0.1) is 5.38 Å². The fraction of sp³-hybridized carbons (Fsp3) is 0.400. The zero-order valence-electron chi connectivity index (χ0n) is 6.69. The number of hydrogen-bond donors (Lipinski definition) is 0. The van der Waals surface area contributed by atoms with E-state index in [2.05, 4.69) is 0 Å². The monoisotopic (exact) mass is 184 g/mol. The van der Waals surface area contributed by atoms with Gasteiger partial charge in [0.15, 0.2) is 0 Å².